The molecule has 0 fully saturated rings. The molecule has 0 aromatic heterocycles. The lowest BCUT2D eigenvalue weighted by Crippen LogP contribution is -2.41. The van der Waals surface area contributed by atoms with E-state index < -0.39 is 29.9 Å². The Balaban J connectivity index is 3.03. The van der Waals surface area contributed by atoms with Crippen LogP contribution in [0.2, 0.25) is 5.02 Å². The number of aromatic carboxylic acids is 1. The molecule has 0 heterocycles. The van der Waals surface area contributed by atoms with Gasteiger partial charge >= 0.3 is 24.2 Å². The van der Waals surface area contributed by atoms with Crippen LogP contribution in [-0.4, -0.2) is 29.3 Å². The van der Waals surface area contributed by atoms with E-state index in [9.17, 15) is 27.2 Å². The number of anilines is 1. The van der Waals surface area contributed by atoms with Crippen LogP contribution in [0.3, 0.4) is 0 Å². The molecule has 0 saturated heterocycles. The molecule has 2 N–H and O–H groups in total. The molecule has 0 aliphatic carbocycles. The molecule has 0 radical (unpaired) electrons. The molecule has 9 heteroatoms. The van der Waals surface area contributed by atoms with E-state index in [0.717, 1.165) is 18.2 Å². The molecule has 19 heavy (non-hydrogen) atoms. The minimum absolute atomic E-state index is 0.261. The van der Waals surface area contributed by atoms with Crippen LogP contribution in [0, 0.1) is 0 Å². The minimum atomic E-state index is -4.90. The van der Waals surface area contributed by atoms with Gasteiger partial charge in [0, 0.05) is 0 Å². The highest BCUT2D eigenvalue weighted by Gasteiger charge is 2.49. The molecule has 1 rings (SSSR count). The van der Waals surface area contributed by atoms with Crippen LogP contribution in [-0.2, 0) is 4.79 Å². The van der Waals surface area contributed by atoms with Gasteiger partial charge in [-0.25, -0.2) is 13.6 Å². The fraction of sp³-hybridized carbons (Fsp3) is 0.200. The quantitative estimate of drug-likeness (QED) is 0.840. The summed E-state index contributed by atoms with van der Waals surface area (Å²) in [6.45, 7) is 0. The van der Waals surface area contributed by atoms with Crippen molar-refractivity contribution in [3.8, 4) is 0 Å². The first-order valence-corrected chi connectivity index (χ1v) is 5.04. The molecule has 0 saturated carbocycles. The van der Waals surface area contributed by atoms with Crippen LogP contribution >= 0.6 is 11.6 Å². The number of halogens is 5. The number of amides is 1. The van der Waals surface area contributed by atoms with Crippen molar-refractivity contribution in [3.63, 3.8) is 0 Å². The molecule has 1 aromatic carbocycles. The van der Waals surface area contributed by atoms with E-state index in [4.69, 9.17) is 16.7 Å². The van der Waals surface area contributed by atoms with Crippen molar-refractivity contribution in [2.24, 2.45) is 0 Å². The maximum Gasteiger partial charge on any atom is 0.383 e. The first-order chi connectivity index (χ1) is 8.66. The topological polar surface area (TPSA) is 66.4 Å². The van der Waals surface area contributed by atoms with Crippen molar-refractivity contribution >= 4 is 29.2 Å². The van der Waals surface area contributed by atoms with Crippen LogP contribution in [0.1, 0.15) is 10.4 Å². The second kappa shape index (κ2) is 5.43. The highest BCUT2D eigenvalue weighted by molar-refractivity contribution is 6.34. The number of carbonyl (C=O) groups excluding carboxylic acids is 1. The molecule has 0 unspecified atom stereocenters. The Morgan fingerprint density at radius 3 is 2.37 bits per heavy atom. The predicted octanol–water partition coefficient (Wildman–Crippen LogP) is 2.88. The van der Waals surface area contributed by atoms with Crippen molar-refractivity contribution in [1.82, 2.24) is 0 Å². The second-order valence-electron chi connectivity index (χ2n) is 3.38. The first kappa shape index (κ1) is 15.2. The number of rotatable bonds is 4. The Labute approximate surface area is 109 Å². The molecule has 0 bridgehead atoms. The molecule has 0 atom stereocenters. The van der Waals surface area contributed by atoms with Gasteiger partial charge in [-0.3, -0.25) is 4.79 Å². The minimum Gasteiger partial charge on any atom is -0.478 e. The summed E-state index contributed by atoms with van der Waals surface area (Å²) in [5.41, 5.74) is -0.841. The van der Waals surface area contributed by atoms with Crippen molar-refractivity contribution in [2.45, 2.75) is 12.3 Å². The average Bonchev–Trinajstić information content (AvgIpc) is 2.31. The van der Waals surface area contributed by atoms with Crippen molar-refractivity contribution in [3.05, 3.63) is 28.8 Å². The van der Waals surface area contributed by atoms with E-state index in [-0.39, 0.29) is 10.6 Å². The van der Waals surface area contributed by atoms with Gasteiger partial charge in [0.05, 0.1) is 16.3 Å². The number of carboxylic acid groups (broad SMARTS) is 1. The van der Waals surface area contributed by atoms with Gasteiger partial charge < -0.3 is 10.4 Å². The SMILES string of the molecule is O=C(O)c1ccc(Cl)c(NC(=O)C(F)(F)C(F)F)c1. The Morgan fingerprint density at radius 2 is 1.89 bits per heavy atom. The number of carbonyl (C=O) groups is 2. The molecule has 1 aromatic rings. The maximum absolute atomic E-state index is 12.7. The Hall–Kier alpha value is -1.83. The lowest BCUT2D eigenvalue weighted by molar-refractivity contribution is -0.163. The van der Waals surface area contributed by atoms with Gasteiger partial charge in [-0.1, -0.05) is 11.6 Å². The van der Waals surface area contributed by atoms with Crippen molar-refractivity contribution < 1.29 is 32.3 Å². The third-order valence-corrected chi connectivity index (χ3v) is 2.37. The Bertz CT molecular complexity index is 521. The van der Waals surface area contributed by atoms with Crippen molar-refractivity contribution in [1.29, 1.82) is 0 Å². The average molecular weight is 300 g/mol. The molecule has 0 aliphatic rings. The number of alkyl halides is 4. The number of benzene rings is 1. The second-order valence-corrected chi connectivity index (χ2v) is 3.78. The fourth-order valence-corrected chi connectivity index (χ4v) is 1.22. The number of carboxylic acids is 1. The van der Waals surface area contributed by atoms with Gasteiger partial charge in [-0.2, -0.15) is 8.78 Å². The first-order valence-electron chi connectivity index (χ1n) is 4.66. The zero-order chi connectivity index (χ0) is 14.8. The monoisotopic (exact) mass is 299 g/mol. The lowest BCUT2D eigenvalue weighted by Gasteiger charge is -2.15. The van der Waals surface area contributed by atoms with E-state index in [0.29, 0.717) is 0 Å². The normalized spacial score (nSPS) is 11.5. The number of hydrogen-bond acceptors (Lipinski definition) is 2. The summed E-state index contributed by atoms with van der Waals surface area (Å²) in [5, 5.41) is 9.86. The third-order valence-electron chi connectivity index (χ3n) is 2.04. The van der Waals surface area contributed by atoms with E-state index in [1.54, 1.807) is 0 Å². The highest BCUT2D eigenvalue weighted by atomic mass is 35.5. The Kier molecular flexibility index (Phi) is 4.35. The summed E-state index contributed by atoms with van der Waals surface area (Å²) < 4.78 is 49.3. The third kappa shape index (κ3) is 3.34. The van der Waals surface area contributed by atoms with Gasteiger partial charge in [0.1, 0.15) is 0 Å². The van der Waals surface area contributed by atoms with E-state index >= 15 is 0 Å². The summed E-state index contributed by atoms with van der Waals surface area (Å²) in [4.78, 5) is 21.6. The van der Waals surface area contributed by atoms with Crippen LogP contribution in [0.15, 0.2) is 18.2 Å². The summed E-state index contributed by atoms with van der Waals surface area (Å²) in [6.07, 6.45) is -4.19. The van der Waals surface area contributed by atoms with Gasteiger partial charge in [-0.15, -0.1) is 0 Å². The molecule has 0 spiro atoms. The summed E-state index contributed by atoms with van der Waals surface area (Å²) in [6, 6.07) is 2.87. The lowest BCUT2D eigenvalue weighted by atomic mass is 10.2. The maximum atomic E-state index is 12.7. The van der Waals surface area contributed by atoms with Gasteiger partial charge in [-0.05, 0) is 18.2 Å². The fourth-order valence-electron chi connectivity index (χ4n) is 1.06. The van der Waals surface area contributed by atoms with Gasteiger partial charge in [0.15, 0.2) is 0 Å². The van der Waals surface area contributed by atoms with E-state index in [1.165, 1.54) is 5.32 Å². The summed E-state index contributed by atoms with van der Waals surface area (Å²) >= 11 is 5.53. The van der Waals surface area contributed by atoms with Crippen LogP contribution in [0.4, 0.5) is 23.2 Å². The van der Waals surface area contributed by atoms with E-state index in [2.05, 4.69) is 0 Å². The van der Waals surface area contributed by atoms with Crippen LogP contribution < -0.4 is 5.32 Å². The molecular formula is C10H6ClF4NO3. The number of nitrogens with one attached hydrogen (secondary N) is 1. The molecule has 0 aliphatic heterocycles. The summed E-state index contributed by atoms with van der Waals surface area (Å²) in [7, 11) is 0. The van der Waals surface area contributed by atoms with Gasteiger partial charge in [0.25, 0.3) is 0 Å². The predicted molar refractivity (Wildman–Crippen MR) is 58.0 cm³/mol. The largest absolute Gasteiger partial charge is 0.478 e. The molecule has 4 nitrogen and oxygen atoms in total. The smallest absolute Gasteiger partial charge is 0.383 e. The van der Waals surface area contributed by atoms with Crippen molar-refractivity contribution in [2.75, 3.05) is 5.32 Å². The molecular weight excluding hydrogens is 294 g/mol. The zero-order valence-electron chi connectivity index (χ0n) is 8.96. The number of hydrogen-bond donors (Lipinski definition) is 2. The van der Waals surface area contributed by atoms with Crippen LogP contribution in [0.25, 0.3) is 0 Å². The highest BCUT2D eigenvalue weighted by Crippen LogP contribution is 2.28. The summed E-state index contributed by atoms with van der Waals surface area (Å²) in [5.74, 6) is -8.57. The molecule has 1 amide bonds. The molecule has 104 valence electrons. The standard InChI is InChI=1S/C10H6ClF4NO3/c11-5-2-1-4(7(17)18)3-6(5)16-9(19)10(14,15)8(12)13/h1-3,8H,(H,16,19)(H,17,18). The Morgan fingerprint density at radius 1 is 1.32 bits per heavy atom. The van der Waals surface area contributed by atoms with Gasteiger partial charge in [0.2, 0.25) is 0 Å². The van der Waals surface area contributed by atoms with E-state index in [1.807, 2.05) is 0 Å². The van der Waals surface area contributed by atoms with Crippen LogP contribution in [0.5, 0.6) is 0 Å². The zero-order valence-corrected chi connectivity index (χ0v) is 9.72.